The summed E-state index contributed by atoms with van der Waals surface area (Å²) in [5, 5.41) is 2.91. The van der Waals surface area contributed by atoms with E-state index in [0.717, 1.165) is 16.8 Å². The molecule has 0 fully saturated rings. The van der Waals surface area contributed by atoms with Crippen molar-refractivity contribution >= 4 is 23.2 Å². The minimum atomic E-state index is -0.0761. The number of hydrogen-bond donors (Lipinski definition) is 1. The first kappa shape index (κ1) is 22.2. The van der Waals surface area contributed by atoms with E-state index in [1.807, 2.05) is 87.4 Å². The molecular formula is C25H29N3O3. The summed E-state index contributed by atoms with van der Waals surface area (Å²) in [5.41, 5.74) is 4.30. The van der Waals surface area contributed by atoms with E-state index in [1.54, 1.807) is 11.2 Å². The molecule has 0 saturated carbocycles. The van der Waals surface area contributed by atoms with Crippen LogP contribution in [0.4, 0.5) is 11.4 Å². The second-order valence-corrected chi connectivity index (χ2v) is 7.75. The zero-order chi connectivity index (χ0) is 22.4. The fourth-order valence-corrected chi connectivity index (χ4v) is 3.43. The monoisotopic (exact) mass is 419 g/mol. The largest absolute Gasteiger partial charge is 0.467 e. The molecule has 3 aromatic rings. The minimum absolute atomic E-state index is 0.0492. The van der Waals surface area contributed by atoms with Crippen molar-refractivity contribution in [2.75, 3.05) is 24.3 Å². The van der Waals surface area contributed by atoms with E-state index in [2.05, 4.69) is 5.32 Å². The third-order valence-electron chi connectivity index (χ3n) is 5.01. The summed E-state index contributed by atoms with van der Waals surface area (Å²) in [6, 6.07) is 17.0. The van der Waals surface area contributed by atoms with E-state index < -0.39 is 0 Å². The van der Waals surface area contributed by atoms with Crippen molar-refractivity contribution in [2.24, 2.45) is 0 Å². The third kappa shape index (κ3) is 5.75. The average Bonchev–Trinajstić information content (AvgIpc) is 3.25. The molecule has 2 aromatic carbocycles. The molecule has 0 aliphatic carbocycles. The van der Waals surface area contributed by atoms with Gasteiger partial charge in [0.05, 0.1) is 12.8 Å². The first-order valence-corrected chi connectivity index (χ1v) is 10.4. The molecule has 0 radical (unpaired) electrons. The lowest BCUT2D eigenvalue weighted by Gasteiger charge is -2.26. The second-order valence-electron chi connectivity index (χ2n) is 7.75. The van der Waals surface area contributed by atoms with Gasteiger partial charge < -0.3 is 19.5 Å². The Balaban J connectivity index is 1.96. The van der Waals surface area contributed by atoms with Gasteiger partial charge in [0.2, 0.25) is 5.91 Å². The molecule has 0 bridgehead atoms. The summed E-state index contributed by atoms with van der Waals surface area (Å²) < 4.78 is 5.52. The summed E-state index contributed by atoms with van der Waals surface area (Å²) in [6.45, 7) is 4.50. The van der Waals surface area contributed by atoms with Crippen LogP contribution in [0.25, 0.3) is 0 Å². The van der Waals surface area contributed by atoms with Crippen LogP contribution in [-0.2, 0) is 17.9 Å². The molecule has 0 atom stereocenters. The molecule has 2 amide bonds. The van der Waals surface area contributed by atoms with E-state index in [0.29, 0.717) is 36.5 Å². The van der Waals surface area contributed by atoms with Crippen molar-refractivity contribution in [1.29, 1.82) is 0 Å². The van der Waals surface area contributed by atoms with Gasteiger partial charge in [-0.25, -0.2) is 0 Å². The molecule has 0 spiro atoms. The molecule has 1 aromatic heterocycles. The quantitative estimate of drug-likeness (QED) is 0.567. The molecule has 0 unspecified atom stereocenters. The molecular weight excluding hydrogens is 390 g/mol. The lowest BCUT2D eigenvalue weighted by atomic mass is 10.1. The number of carbonyl (C=O) groups excluding carboxylic acids is 2. The van der Waals surface area contributed by atoms with Crippen molar-refractivity contribution in [1.82, 2.24) is 4.90 Å². The molecule has 1 heterocycles. The number of anilines is 2. The number of rotatable bonds is 8. The number of hydrogen-bond acceptors (Lipinski definition) is 4. The fraction of sp³-hybridized carbons (Fsp3) is 0.280. The van der Waals surface area contributed by atoms with Gasteiger partial charge in [0.15, 0.2) is 0 Å². The number of nitrogens with one attached hydrogen (secondary N) is 1. The summed E-state index contributed by atoms with van der Waals surface area (Å²) >= 11 is 0. The van der Waals surface area contributed by atoms with Crippen LogP contribution in [0, 0.1) is 6.92 Å². The van der Waals surface area contributed by atoms with Crippen molar-refractivity contribution in [3.05, 3.63) is 83.3 Å². The lowest BCUT2D eigenvalue weighted by molar-refractivity contribution is -0.115. The van der Waals surface area contributed by atoms with Crippen molar-refractivity contribution < 1.29 is 14.0 Å². The number of amides is 2. The normalized spacial score (nSPS) is 10.6. The van der Waals surface area contributed by atoms with Crippen LogP contribution in [0.3, 0.4) is 0 Å². The molecule has 0 aliphatic heterocycles. The fourth-order valence-electron chi connectivity index (χ4n) is 3.43. The predicted molar refractivity (Wildman–Crippen MR) is 123 cm³/mol. The number of benzene rings is 2. The Kier molecular flexibility index (Phi) is 7.13. The topological polar surface area (TPSA) is 65.8 Å². The SMILES string of the molecule is CCC(=O)Nc1ccc(N(C)C)c(CN(Cc2ccco2)C(=O)c2cccc(C)c2)c1. The highest BCUT2D eigenvalue weighted by Gasteiger charge is 2.20. The van der Waals surface area contributed by atoms with Crippen molar-refractivity contribution in [2.45, 2.75) is 33.4 Å². The van der Waals surface area contributed by atoms with Crippen molar-refractivity contribution in [3.63, 3.8) is 0 Å². The highest BCUT2D eigenvalue weighted by Crippen LogP contribution is 2.26. The summed E-state index contributed by atoms with van der Waals surface area (Å²) in [6.07, 6.45) is 2.01. The number of nitrogens with zero attached hydrogens (tertiary/aromatic N) is 2. The first-order valence-electron chi connectivity index (χ1n) is 10.4. The highest BCUT2D eigenvalue weighted by atomic mass is 16.3. The van der Waals surface area contributed by atoms with Gasteiger partial charge in [-0.1, -0.05) is 24.6 Å². The number of furan rings is 1. The summed E-state index contributed by atoms with van der Waals surface area (Å²) in [4.78, 5) is 29.1. The van der Waals surface area contributed by atoms with Gasteiger partial charge in [0.1, 0.15) is 5.76 Å². The van der Waals surface area contributed by atoms with Crippen LogP contribution in [0.15, 0.2) is 65.3 Å². The standard InChI is InChI=1S/C25H29N3O3/c1-5-24(29)26-21-11-12-23(27(3)4)20(15-21)16-28(17-22-10-7-13-31-22)25(30)19-9-6-8-18(2)14-19/h6-15H,5,16-17H2,1-4H3,(H,26,29). The van der Waals surface area contributed by atoms with Gasteiger partial charge in [-0.15, -0.1) is 0 Å². The van der Waals surface area contributed by atoms with Crippen molar-refractivity contribution in [3.8, 4) is 0 Å². The molecule has 6 nitrogen and oxygen atoms in total. The Hall–Kier alpha value is -3.54. The number of aryl methyl sites for hydroxylation is 1. The Morgan fingerprint density at radius 3 is 2.45 bits per heavy atom. The van der Waals surface area contributed by atoms with Crippen LogP contribution >= 0.6 is 0 Å². The molecule has 0 aliphatic rings. The molecule has 1 N–H and O–H groups in total. The van der Waals surface area contributed by atoms with Gasteiger partial charge in [0, 0.05) is 44.0 Å². The molecule has 31 heavy (non-hydrogen) atoms. The van der Waals surface area contributed by atoms with E-state index in [4.69, 9.17) is 4.42 Å². The van der Waals surface area contributed by atoms with E-state index >= 15 is 0 Å². The van der Waals surface area contributed by atoms with Crippen LogP contribution in [0.1, 0.15) is 40.6 Å². The predicted octanol–water partition coefficient (Wildman–Crippen LogP) is 4.85. The van der Waals surface area contributed by atoms with Gasteiger partial charge in [-0.05, 0) is 55.0 Å². The van der Waals surface area contributed by atoms with Crippen LogP contribution in [-0.4, -0.2) is 30.8 Å². The Morgan fingerprint density at radius 1 is 1.00 bits per heavy atom. The zero-order valence-electron chi connectivity index (χ0n) is 18.5. The van der Waals surface area contributed by atoms with Crippen LogP contribution in [0.5, 0.6) is 0 Å². The Morgan fingerprint density at radius 2 is 1.81 bits per heavy atom. The molecule has 6 heteroatoms. The van der Waals surface area contributed by atoms with E-state index in [-0.39, 0.29) is 11.8 Å². The maximum absolute atomic E-state index is 13.4. The molecule has 3 rings (SSSR count). The smallest absolute Gasteiger partial charge is 0.254 e. The third-order valence-corrected chi connectivity index (χ3v) is 5.01. The zero-order valence-corrected chi connectivity index (χ0v) is 18.5. The van der Waals surface area contributed by atoms with Gasteiger partial charge >= 0.3 is 0 Å². The first-order chi connectivity index (χ1) is 14.9. The maximum atomic E-state index is 13.4. The van der Waals surface area contributed by atoms with E-state index in [1.165, 1.54) is 0 Å². The number of carbonyl (C=O) groups is 2. The highest BCUT2D eigenvalue weighted by molar-refractivity contribution is 5.94. The lowest BCUT2D eigenvalue weighted by Crippen LogP contribution is -2.31. The summed E-state index contributed by atoms with van der Waals surface area (Å²) in [5.74, 6) is 0.586. The summed E-state index contributed by atoms with van der Waals surface area (Å²) in [7, 11) is 3.92. The minimum Gasteiger partial charge on any atom is -0.467 e. The average molecular weight is 420 g/mol. The second kappa shape index (κ2) is 9.98. The Bertz CT molecular complexity index is 1040. The molecule has 0 saturated heterocycles. The Labute approximate surface area is 183 Å². The van der Waals surface area contributed by atoms with Gasteiger partial charge in [0.25, 0.3) is 5.91 Å². The molecule has 162 valence electrons. The van der Waals surface area contributed by atoms with Gasteiger partial charge in [-0.2, -0.15) is 0 Å². The maximum Gasteiger partial charge on any atom is 0.254 e. The van der Waals surface area contributed by atoms with Crippen LogP contribution < -0.4 is 10.2 Å². The van der Waals surface area contributed by atoms with E-state index in [9.17, 15) is 9.59 Å². The van der Waals surface area contributed by atoms with Crippen LogP contribution in [0.2, 0.25) is 0 Å². The van der Waals surface area contributed by atoms with Gasteiger partial charge in [-0.3, -0.25) is 9.59 Å².